The monoisotopic (exact) mass is 543 g/mol. The van der Waals surface area contributed by atoms with Crippen molar-refractivity contribution in [2.75, 3.05) is 31.3 Å². The van der Waals surface area contributed by atoms with E-state index >= 15 is 0 Å². The van der Waals surface area contributed by atoms with Gasteiger partial charge in [-0.25, -0.2) is 14.4 Å². The van der Waals surface area contributed by atoms with Gasteiger partial charge in [0.15, 0.2) is 0 Å². The molecule has 4 aromatic rings. The number of ether oxygens (including phenoxy) is 3. The Morgan fingerprint density at radius 3 is 2.80 bits per heavy atom. The lowest BCUT2D eigenvalue weighted by Crippen LogP contribution is -2.24. The summed E-state index contributed by atoms with van der Waals surface area (Å²) in [5.74, 6) is 0.861. The van der Waals surface area contributed by atoms with E-state index < -0.39 is 0 Å². The maximum atomic E-state index is 13.6. The van der Waals surface area contributed by atoms with Crippen molar-refractivity contribution in [3.63, 3.8) is 0 Å². The van der Waals surface area contributed by atoms with Crippen molar-refractivity contribution in [3.05, 3.63) is 89.4 Å². The van der Waals surface area contributed by atoms with Gasteiger partial charge in [0.2, 0.25) is 5.95 Å². The van der Waals surface area contributed by atoms with Crippen molar-refractivity contribution in [1.29, 1.82) is 0 Å². The number of rotatable bonds is 4. The van der Waals surface area contributed by atoms with E-state index in [0.717, 1.165) is 29.7 Å². The average molecular weight is 544 g/mol. The number of halogens is 1. The lowest BCUT2D eigenvalue weighted by atomic mass is 10.1. The van der Waals surface area contributed by atoms with Gasteiger partial charge in [0.05, 0.1) is 19.4 Å². The molecule has 3 aromatic carbocycles. The van der Waals surface area contributed by atoms with E-state index in [1.807, 2.05) is 18.2 Å². The number of hydrogen-bond donors (Lipinski definition) is 3. The molecule has 1 amide bonds. The molecule has 0 aliphatic carbocycles. The van der Waals surface area contributed by atoms with E-state index in [9.17, 15) is 9.18 Å². The van der Waals surface area contributed by atoms with Crippen LogP contribution in [-0.4, -0.2) is 36.1 Å². The molecule has 0 saturated heterocycles. The highest BCUT2D eigenvalue weighted by Crippen LogP contribution is 2.30. The number of hydrogen-bond acceptors (Lipinski definition) is 8. The fraction of sp³-hybridized carbons (Fsp3) is 0.233. The highest BCUT2D eigenvalue weighted by Gasteiger charge is 2.13. The first-order valence-electron chi connectivity index (χ1n) is 12.9. The standard InChI is InChI=1S/C30H30FN5O4/c1-38-28-16-22(31)6-4-20(28)18-40-27-9-7-23-14-21(27)17-39-13-3-2-11-33-29(37)19-5-8-24(25(32)15-19)26-10-12-34-30(35-23)36-26/h4-10,12,14-16H,2-3,11,13,17-18,32H2,1H3,(H,33,37)(H,34,35,36). The van der Waals surface area contributed by atoms with Gasteiger partial charge in [0.25, 0.3) is 5.91 Å². The Morgan fingerprint density at radius 1 is 1.05 bits per heavy atom. The highest BCUT2D eigenvalue weighted by atomic mass is 19.1. The third-order valence-electron chi connectivity index (χ3n) is 6.45. The van der Waals surface area contributed by atoms with Gasteiger partial charge in [-0.15, -0.1) is 0 Å². The highest BCUT2D eigenvalue weighted by molar-refractivity contribution is 5.96. The minimum atomic E-state index is -0.378. The minimum Gasteiger partial charge on any atom is -0.496 e. The number of fused-ring (bicyclic) bond motifs is 9. The Bertz CT molecular complexity index is 1510. The fourth-order valence-corrected chi connectivity index (χ4v) is 4.35. The predicted molar refractivity (Wildman–Crippen MR) is 150 cm³/mol. The maximum Gasteiger partial charge on any atom is 0.251 e. The van der Waals surface area contributed by atoms with E-state index in [-0.39, 0.29) is 18.3 Å². The molecule has 6 bridgehead atoms. The summed E-state index contributed by atoms with van der Waals surface area (Å²) in [6, 6.07) is 16.9. The molecule has 0 radical (unpaired) electrons. The molecule has 2 aliphatic rings. The zero-order valence-corrected chi connectivity index (χ0v) is 22.1. The van der Waals surface area contributed by atoms with Crippen LogP contribution in [-0.2, 0) is 18.0 Å². The van der Waals surface area contributed by atoms with Crippen LogP contribution in [0.2, 0.25) is 0 Å². The van der Waals surface area contributed by atoms with Crippen LogP contribution >= 0.6 is 0 Å². The summed E-state index contributed by atoms with van der Waals surface area (Å²) >= 11 is 0. The topological polar surface area (TPSA) is 121 Å². The summed E-state index contributed by atoms with van der Waals surface area (Å²) in [4.78, 5) is 21.6. The van der Waals surface area contributed by atoms with Gasteiger partial charge in [-0.2, -0.15) is 0 Å². The van der Waals surface area contributed by atoms with Crippen LogP contribution in [0.15, 0.2) is 66.9 Å². The number of nitrogens with one attached hydrogen (secondary N) is 2. The lowest BCUT2D eigenvalue weighted by Gasteiger charge is -2.16. The van der Waals surface area contributed by atoms with E-state index in [1.54, 1.807) is 36.5 Å². The average Bonchev–Trinajstić information content (AvgIpc) is 2.96. The van der Waals surface area contributed by atoms with Gasteiger partial charge < -0.3 is 30.6 Å². The number of nitrogen functional groups attached to an aromatic ring is 1. The molecule has 40 heavy (non-hydrogen) atoms. The van der Waals surface area contributed by atoms with Crippen LogP contribution in [0.4, 0.5) is 21.7 Å². The first-order chi connectivity index (χ1) is 19.5. The Morgan fingerprint density at radius 2 is 1.95 bits per heavy atom. The predicted octanol–water partition coefficient (Wildman–Crippen LogP) is 5.24. The molecule has 0 unspecified atom stereocenters. The lowest BCUT2D eigenvalue weighted by molar-refractivity contribution is 0.0945. The number of amides is 1. The quantitative estimate of drug-likeness (QED) is 0.299. The third kappa shape index (κ3) is 6.47. The van der Waals surface area contributed by atoms with Crippen LogP contribution in [0.1, 0.15) is 34.3 Å². The normalized spacial score (nSPS) is 13.8. The summed E-state index contributed by atoms with van der Waals surface area (Å²) in [6.45, 7) is 1.52. The summed E-state index contributed by atoms with van der Waals surface area (Å²) in [7, 11) is 1.49. The molecule has 206 valence electrons. The Labute approximate surface area is 231 Å². The van der Waals surface area contributed by atoms with Gasteiger partial charge in [0.1, 0.15) is 23.9 Å². The van der Waals surface area contributed by atoms with Crippen LogP contribution in [0.5, 0.6) is 11.5 Å². The molecule has 6 rings (SSSR count). The minimum absolute atomic E-state index is 0.183. The second-order valence-electron chi connectivity index (χ2n) is 9.28. The van der Waals surface area contributed by atoms with Crippen LogP contribution in [0.3, 0.4) is 0 Å². The molecular weight excluding hydrogens is 513 g/mol. The van der Waals surface area contributed by atoms with Crippen molar-refractivity contribution in [2.24, 2.45) is 0 Å². The third-order valence-corrected chi connectivity index (χ3v) is 6.45. The number of aromatic nitrogens is 2. The summed E-state index contributed by atoms with van der Waals surface area (Å²) in [5, 5.41) is 6.17. The number of nitrogens with two attached hydrogens (primary N) is 1. The largest absolute Gasteiger partial charge is 0.496 e. The van der Waals surface area contributed by atoms with Gasteiger partial charge in [0, 0.05) is 59.0 Å². The van der Waals surface area contributed by atoms with Gasteiger partial charge in [-0.3, -0.25) is 4.79 Å². The molecule has 10 heteroatoms. The van der Waals surface area contributed by atoms with Gasteiger partial charge >= 0.3 is 0 Å². The Kier molecular flexibility index (Phi) is 8.36. The molecule has 4 N–H and O–H groups in total. The number of benzene rings is 3. The molecule has 9 nitrogen and oxygen atoms in total. The zero-order chi connectivity index (χ0) is 27.9. The number of carbonyl (C=O) groups is 1. The van der Waals surface area contributed by atoms with Crippen molar-refractivity contribution >= 4 is 23.2 Å². The SMILES string of the molecule is COc1cc(F)ccc1COc1ccc2cc1COCCCCNC(=O)c1ccc(c(N)c1)-c1ccnc(n1)N2. The number of anilines is 3. The summed E-state index contributed by atoms with van der Waals surface area (Å²) in [6.07, 6.45) is 3.17. The van der Waals surface area contributed by atoms with Crippen molar-refractivity contribution in [2.45, 2.75) is 26.1 Å². The molecule has 3 heterocycles. The number of methoxy groups -OCH3 is 1. The van der Waals surface area contributed by atoms with Crippen molar-refractivity contribution in [3.8, 4) is 22.8 Å². The molecule has 0 saturated carbocycles. The van der Waals surface area contributed by atoms with E-state index in [2.05, 4.69) is 20.6 Å². The zero-order valence-electron chi connectivity index (χ0n) is 22.1. The second kappa shape index (κ2) is 12.4. The number of nitrogens with zero attached hydrogens (tertiary/aromatic N) is 2. The van der Waals surface area contributed by atoms with E-state index in [0.29, 0.717) is 59.7 Å². The molecular formula is C30H30FN5O4. The molecule has 0 fully saturated rings. The van der Waals surface area contributed by atoms with Crippen molar-refractivity contribution < 1.29 is 23.4 Å². The van der Waals surface area contributed by atoms with Gasteiger partial charge in [-0.05, 0) is 67.4 Å². The maximum absolute atomic E-state index is 13.6. The van der Waals surface area contributed by atoms with Crippen LogP contribution < -0.4 is 25.8 Å². The molecule has 2 aliphatic heterocycles. The molecule has 0 spiro atoms. The molecule has 0 atom stereocenters. The Balaban J connectivity index is 1.42. The second-order valence-corrected chi connectivity index (χ2v) is 9.28. The fourth-order valence-electron chi connectivity index (χ4n) is 4.35. The smallest absolute Gasteiger partial charge is 0.251 e. The van der Waals surface area contributed by atoms with E-state index in [4.69, 9.17) is 19.9 Å². The van der Waals surface area contributed by atoms with Crippen LogP contribution in [0, 0.1) is 5.82 Å². The van der Waals surface area contributed by atoms with Crippen LogP contribution in [0.25, 0.3) is 11.3 Å². The van der Waals surface area contributed by atoms with E-state index in [1.165, 1.54) is 19.2 Å². The first-order valence-corrected chi connectivity index (χ1v) is 12.9. The molecule has 1 aromatic heterocycles. The summed E-state index contributed by atoms with van der Waals surface area (Å²) in [5.41, 5.74) is 10.8. The Hall–Kier alpha value is -4.70. The van der Waals surface area contributed by atoms with Crippen molar-refractivity contribution in [1.82, 2.24) is 15.3 Å². The first kappa shape index (κ1) is 26.9. The van der Waals surface area contributed by atoms with Gasteiger partial charge in [-0.1, -0.05) is 0 Å². The number of carbonyl (C=O) groups excluding carboxylic acids is 1. The summed E-state index contributed by atoms with van der Waals surface area (Å²) < 4.78 is 31.0.